The van der Waals surface area contributed by atoms with Gasteiger partial charge in [0.05, 0.1) is 0 Å². The monoisotopic (exact) mass is 380 g/mol. The van der Waals surface area contributed by atoms with Crippen molar-refractivity contribution in [3.63, 3.8) is 0 Å². The Labute approximate surface area is 161 Å². The van der Waals surface area contributed by atoms with E-state index < -0.39 is 29.1 Å². The standard InChI is InChI=1S/C20H32N2O5/c1-19(2,3)27-16(23)13-21-20(4,14-9-6-5-7-10-14)18(26)22-12-8-11-15(22)17(24)25/h13-15H,5-12H2,1-4H3,(H,24,25)/t15-,20+/m0/s1. The normalized spacial score (nSPS) is 24.0. The summed E-state index contributed by atoms with van der Waals surface area (Å²) in [6, 6.07) is -0.808. The van der Waals surface area contributed by atoms with Crippen LogP contribution in [0.1, 0.15) is 72.6 Å². The molecule has 2 rings (SSSR count). The average molecular weight is 380 g/mol. The number of ether oxygens (including phenoxy) is 1. The van der Waals surface area contributed by atoms with Crippen LogP contribution in [0.3, 0.4) is 0 Å². The van der Waals surface area contributed by atoms with Crippen molar-refractivity contribution in [3.05, 3.63) is 0 Å². The molecule has 1 heterocycles. The first kappa shape index (κ1) is 21.4. The summed E-state index contributed by atoms with van der Waals surface area (Å²) in [6.45, 7) is 7.47. The average Bonchev–Trinajstić information content (AvgIpc) is 3.08. The first-order valence-electron chi connectivity index (χ1n) is 9.86. The molecule has 0 spiro atoms. The summed E-state index contributed by atoms with van der Waals surface area (Å²) in [5.41, 5.74) is -1.78. The molecule has 0 aromatic carbocycles. The lowest BCUT2D eigenvalue weighted by Gasteiger charge is -2.39. The molecule has 1 saturated carbocycles. The molecule has 0 aromatic heterocycles. The van der Waals surface area contributed by atoms with Gasteiger partial charge < -0.3 is 14.7 Å². The van der Waals surface area contributed by atoms with E-state index in [0.29, 0.717) is 19.4 Å². The van der Waals surface area contributed by atoms with E-state index in [2.05, 4.69) is 4.99 Å². The third kappa shape index (κ3) is 5.30. The lowest BCUT2D eigenvalue weighted by molar-refractivity contribution is -0.151. The fourth-order valence-electron chi connectivity index (χ4n) is 4.07. The number of carboxylic acid groups (broad SMARTS) is 1. The van der Waals surface area contributed by atoms with Crippen LogP contribution in [-0.2, 0) is 19.1 Å². The summed E-state index contributed by atoms with van der Waals surface area (Å²) in [5, 5.41) is 9.45. The van der Waals surface area contributed by atoms with Crippen LogP contribution in [0, 0.1) is 5.92 Å². The van der Waals surface area contributed by atoms with E-state index in [4.69, 9.17) is 4.74 Å². The van der Waals surface area contributed by atoms with Gasteiger partial charge in [-0.15, -0.1) is 0 Å². The van der Waals surface area contributed by atoms with Gasteiger partial charge in [-0.05, 0) is 59.3 Å². The summed E-state index contributed by atoms with van der Waals surface area (Å²) >= 11 is 0. The maximum absolute atomic E-state index is 13.4. The zero-order chi connectivity index (χ0) is 20.2. The zero-order valence-corrected chi connectivity index (χ0v) is 16.9. The van der Waals surface area contributed by atoms with E-state index in [9.17, 15) is 19.5 Å². The Morgan fingerprint density at radius 2 is 1.67 bits per heavy atom. The van der Waals surface area contributed by atoms with Gasteiger partial charge in [0.25, 0.3) is 5.91 Å². The molecule has 7 nitrogen and oxygen atoms in total. The number of carboxylic acids is 1. The summed E-state index contributed by atoms with van der Waals surface area (Å²) < 4.78 is 5.28. The fraction of sp³-hybridized carbons (Fsp3) is 0.800. The van der Waals surface area contributed by atoms with E-state index >= 15 is 0 Å². The second kappa shape index (κ2) is 8.40. The number of rotatable bonds is 5. The van der Waals surface area contributed by atoms with Crippen molar-refractivity contribution in [1.29, 1.82) is 0 Å². The predicted octanol–water partition coefficient (Wildman–Crippen LogP) is 2.81. The Bertz CT molecular complexity index is 604. The minimum Gasteiger partial charge on any atom is -0.480 e. The van der Waals surface area contributed by atoms with Crippen molar-refractivity contribution in [2.24, 2.45) is 10.9 Å². The quantitative estimate of drug-likeness (QED) is 0.584. The number of likely N-dealkylation sites (tertiary alicyclic amines) is 1. The minimum absolute atomic E-state index is 0.00696. The maximum Gasteiger partial charge on any atom is 0.349 e. The van der Waals surface area contributed by atoms with Gasteiger partial charge >= 0.3 is 11.9 Å². The van der Waals surface area contributed by atoms with Crippen LogP contribution in [0.5, 0.6) is 0 Å². The fourth-order valence-corrected chi connectivity index (χ4v) is 4.07. The van der Waals surface area contributed by atoms with Crippen molar-refractivity contribution in [1.82, 2.24) is 4.90 Å². The highest BCUT2D eigenvalue weighted by Crippen LogP contribution is 2.37. The number of esters is 1. The van der Waals surface area contributed by atoms with E-state index in [1.54, 1.807) is 27.7 Å². The Morgan fingerprint density at radius 1 is 1.04 bits per heavy atom. The predicted molar refractivity (Wildman–Crippen MR) is 102 cm³/mol. The third-order valence-corrected chi connectivity index (χ3v) is 5.48. The van der Waals surface area contributed by atoms with Gasteiger partial charge in [-0.3, -0.25) is 9.79 Å². The summed E-state index contributed by atoms with van der Waals surface area (Å²) in [7, 11) is 0. The van der Waals surface area contributed by atoms with Crippen LogP contribution >= 0.6 is 0 Å². The number of hydrogen-bond acceptors (Lipinski definition) is 5. The Balaban J connectivity index is 2.28. The molecule has 152 valence electrons. The van der Waals surface area contributed by atoms with Crippen LogP contribution < -0.4 is 0 Å². The van der Waals surface area contributed by atoms with E-state index in [0.717, 1.165) is 38.3 Å². The van der Waals surface area contributed by atoms with Crippen LogP contribution in [0.25, 0.3) is 0 Å². The Morgan fingerprint density at radius 3 is 2.22 bits per heavy atom. The van der Waals surface area contributed by atoms with Gasteiger partial charge in [-0.25, -0.2) is 9.59 Å². The first-order chi connectivity index (χ1) is 12.5. The van der Waals surface area contributed by atoms with Crippen LogP contribution in [-0.4, -0.2) is 57.8 Å². The topological polar surface area (TPSA) is 96.3 Å². The molecule has 2 atom stereocenters. The first-order valence-corrected chi connectivity index (χ1v) is 9.86. The lowest BCUT2D eigenvalue weighted by atomic mass is 9.75. The SMILES string of the molecule is CC(C)(C)OC(=O)C=N[C@@](C)(C(=O)N1CCC[C@H]1C(=O)O)C1CCCCC1. The molecule has 1 N–H and O–H groups in total. The number of carbonyl (C=O) groups is 3. The molecule has 0 aromatic rings. The number of nitrogens with zero attached hydrogens (tertiary/aromatic N) is 2. The Hall–Kier alpha value is -1.92. The third-order valence-electron chi connectivity index (χ3n) is 5.48. The summed E-state index contributed by atoms with van der Waals surface area (Å²) in [4.78, 5) is 42.9. The number of hydrogen-bond donors (Lipinski definition) is 1. The van der Waals surface area contributed by atoms with Crippen LogP contribution in [0.15, 0.2) is 4.99 Å². The van der Waals surface area contributed by atoms with E-state index in [-0.39, 0.29) is 11.8 Å². The van der Waals surface area contributed by atoms with Gasteiger partial charge in [0.1, 0.15) is 23.4 Å². The Kier molecular flexibility index (Phi) is 6.65. The van der Waals surface area contributed by atoms with E-state index in [1.165, 1.54) is 4.90 Å². The molecule has 2 aliphatic rings. The molecule has 1 saturated heterocycles. The highest BCUT2D eigenvalue weighted by atomic mass is 16.6. The number of aliphatic imine (C=N–C) groups is 1. The highest BCUT2D eigenvalue weighted by molar-refractivity contribution is 6.23. The smallest absolute Gasteiger partial charge is 0.349 e. The second-order valence-electron chi connectivity index (χ2n) is 8.77. The molecule has 0 unspecified atom stereocenters. The van der Waals surface area contributed by atoms with E-state index in [1.807, 2.05) is 0 Å². The van der Waals surface area contributed by atoms with Crippen LogP contribution in [0.2, 0.25) is 0 Å². The molecule has 1 aliphatic heterocycles. The van der Waals surface area contributed by atoms with Crippen molar-refractivity contribution < 1.29 is 24.2 Å². The maximum atomic E-state index is 13.4. The van der Waals surface area contributed by atoms with Crippen LogP contribution in [0.4, 0.5) is 0 Å². The highest BCUT2D eigenvalue weighted by Gasteiger charge is 2.47. The van der Waals surface area contributed by atoms with Gasteiger partial charge in [0, 0.05) is 6.54 Å². The number of amides is 1. The molecule has 1 amide bonds. The van der Waals surface area contributed by atoms with Crippen molar-refractivity contribution in [3.8, 4) is 0 Å². The molecule has 1 aliphatic carbocycles. The summed E-state index contributed by atoms with van der Waals surface area (Å²) in [5.74, 6) is -1.87. The number of carbonyl (C=O) groups excluding carboxylic acids is 2. The molecular formula is C20H32N2O5. The largest absolute Gasteiger partial charge is 0.480 e. The van der Waals surface area contributed by atoms with Gasteiger partial charge in [0.2, 0.25) is 0 Å². The molecular weight excluding hydrogens is 348 g/mol. The number of aliphatic carboxylic acids is 1. The molecule has 0 bridgehead atoms. The second-order valence-corrected chi connectivity index (χ2v) is 8.77. The van der Waals surface area contributed by atoms with Gasteiger partial charge in [-0.2, -0.15) is 0 Å². The summed E-state index contributed by atoms with van der Waals surface area (Å²) in [6.07, 6.45) is 7.06. The molecule has 0 radical (unpaired) electrons. The molecule has 27 heavy (non-hydrogen) atoms. The van der Waals surface area contributed by atoms with Crippen molar-refractivity contribution in [2.75, 3.05) is 6.54 Å². The molecule has 7 heteroatoms. The van der Waals surface area contributed by atoms with Crippen molar-refractivity contribution >= 4 is 24.1 Å². The van der Waals surface area contributed by atoms with Gasteiger partial charge in [-0.1, -0.05) is 19.3 Å². The lowest BCUT2D eigenvalue weighted by Crippen LogP contribution is -2.54. The van der Waals surface area contributed by atoms with Gasteiger partial charge in [0.15, 0.2) is 0 Å². The minimum atomic E-state index is -1.14. The van der Waals surface area contributed by atoms with Crippen molar-refractivity contribution in [2.45, 2.75) is 89.8 Å². The zero-order valence-electron chi connectivity index (χ0n) is 16.9. The molecule has 2 fully saturated rings.